The summed E-state index contributed by atoms with van der Waals surface area (Å²) in [6.45, 7) is 0. The van der Waals surface area contributed by atoms with Crippen molar-refractivity contribution in [3.63, 3.8) is 0 Å². The van der Waals surface area contributed by atoms with Crippen LogP contribution < -0.4 is 4.90 Å². The van der Waals surface area contributed by atoms with Crippen LogP contribution in [0.1, 0.15) is 17.3 Å². The predicted octanol–water partition coefficient (Wildman–Crippen LogP) is 7.99. The van der Waals surface area contributed by atoms with Crippen molar-refractivity contribution in [3.05, 3.63) is 151 Å². The molecule has 34 heavy (non-hydrogen) atoms. The summed E-state index contributed by atoms with van der Waals surface area (Å²) in [6, 6.07) is 49.0. The fourth-order valence-corrected chi connectivity index (χ4v) is 4.51. The summed E-state index contributed by atoms with van der Waals surface area (Å²) in [6.07, 6.45) is -0.0315. The van der Waals surface area contributed by atoms with Crippen LogP contribution >= 0.6 is 0 Å². The molecule has 0 fully saturated rings. The van der Waals surface area contributed by atoms with Gasteiger partial charge in [0.2, 0.25) is 0 Å². The highest BCUT2D eigenvalue weighted by molar-refractivity contribution is 6.14. The van der Waals surface area contributed by atoms with Crippen molar-refractivity contribution < 1.29 is 0 Å². The maximum atomic E-state index is 5.07. The van der Waals surface area contributed by atoms with E-state index in [0.29, 0.717) is 0 Å². The summed E-state index contributed by atoms with van der Waals surface area (Å²) in [5.41, 5.74) is 8.34. The van der Waals surface area contributed by atoms with E-state index in [1.54, 1.807) is 0 Å². The summed E-state index contributed by atoms with van der Waals surface area (Å²) in [4.78, 5) is 7.40. The quantitative estimate of drug-likeness (QED) is 0.273. The molecular formula is C32H24N2. The number of anilines is 1. The molecule has 1 aliphatic rings. The van der Waals surface area contributed by atoms with Gasteiger partial charge in [-0.15, -0.1) is 0 Å². The molecule has 0 bridgehead atoms. The van der Waals surface area contributed by atoms with Gasteiger partial charge in [-0.2, -0.15) is 0 Å². The first-order valence-corrected chi connectivity index (χ1v) is 11.6. The highest BCUT2D eigenvalue weighted by atomic mass is 15.4. The van der Waals surface area contributed by atoms with Crippen LogP contribution in [0.5, 0.6) is 0 Å². The fraction of sp³-hybridized carbons (Fsp3) is 0.0312. The van der Waals surface area contributed by atoms with E-state index >= 15 is 0 Å². The van der Waals surface area contributed by atoms with E-state index in [2.05, 4.69) is 132 Å². The van der Waals surface area contributed by atoms with E-state index in [0.717, 1.165) is 17.1 Å². The van der Waals surface area contributed by atoms with Gasteiger partial charge in [0.1, 0.15) is 5.84 Å². The fourth-order valence-electron chi connectivity index (χ4n) is 4.51. The molecule has 162 valence electrons. The summed E-state index contributed by atoms with van der Waals surface area (Å²) in [7, 11) is 0. The molecule has 6 rings (SSSR count). The van der Waals surface area contributed by atoms with Crippen molar-refractivity contribution in [1.82, 2.24) is 0 Å². The molecule has 0 N–H and O–H groups in total. The van der Waals surface area contributed by atoms with Gasteiger partial charge in [-0.3, -0.25) is 4.90 Å². The van der Waals surface area contributed by atoms with Crippen molar-refractivity contribution in [3.8, 4) is 22.3 Å². The monoisotopic (exact) mass is 436 g/mol. The molecule has 0 saturated heterocycles. The van der Waals surface area contributed by atoms with Crippen LogP contribution in [0, 0.1) is 0 Å². The van der Waals surface area contributed by atoms with Crippen LogP contribution in [-0.2, 0) is 0 Å². The third-order valence-electron chi connectivity index (χ3n) is 6.32. The van der Waals surface area contributed by atoms with E-state index in [4.69, 9.17) is 4.99 Å². The summed E-state index contributed by atoms with van der Waals surface area (Å²) in [5, 5.41) is 0. The summed E-state index contributed by atoms with van der Waals surface area (Å²) in [5.74, 6) is 1.00. The van der Waals surface area contributed by atoms with E-state index in [1.807, 2.05) is 12.1 Å². The third kappa shape index (κ3) is 3.80. The van der Waals surface area contributed by atoms with Crippen LogP contribution in [0.2, 0.25) is 0 Å². The predicted molar refractivity (Wildman–Crippen MR) is 142 cm³/mol. The molecule has 1 aliphatic heterocycles. The summed E-state index contributed by atoms with van der Waals surface area (Å²) >= 11 is 0. The van der Waals surface area contributed by atoms with Crippen LogP contribution in [0.15, 0.2) is 145 Å². The van der Waals surface area contributed by atoms with Crippen LogP contribution in [0.25, 0.3) is 22.3 Å². The van der Waals surface area contributed by atoms with Crippen LogP contribution in [0.4, 0.5) is 5.69 Å². The molecule has 0 radical (unpaired) electrons. The molecule has 1 atom stereocenters. The number of rotatable bonds is 5. The minimum Gasteiger partial charge on any atom is -0.299 e. The van der Waals surface area contributed by atoms with Crippen molar-refractivity contribution in [1.29, 1.82) is 0 Å². The zero-order valence-electron chi connectivity index (χ0n) is 18.8. The minimum absolute atomic E-state index is 0.0315. The molecular weight excluding hydrogens is 412 g/mol. The van der Waals surface area contributed by atoms with E-state index in [1.165, 1.54) is 27.8 Å². The van der Waals surface area contributed by atoms with Gasteiger partial charge in [-0.25, -0.2) is 4.99 Å². The Balaban J connectivity index is 1.33. The number of nitrogens with zero attached hydrogens (tertiary/aromatic N) is 2. The normalized spacial score (nSPS) is 14.9. The number of benzene rings is 5. The van der Waals surface area contributed by atoms with Gasteiger partial charge in [-0.05, 0) is 39.9 Å². The second-order valence-corrected chi connectivity index (χ2v) is 8.46. The van der Waals surface area contributed by atoms with E-state index in [-0.39, 0.29) is 6.17 Å². The lowest BCUT2D eigenvalue weighted by atomic mass is 9.99. The van der Waals surface area contributed by atoms with Crippen LogP contribution in [-0.4, -0.2) is 5.84 Å². The van der Waals surface area contributed by atoms with Crippen LogP contribution in [0.3, 0.4) is 0 Å². The molecule has 0 spiro atoms. The molecule has 0 aliphatic carbocycles. The Hall–Kier alpha value is -4.43. The molecule has 0 saturated carbocycles. The molecule has 2 nitrogen and oxygen atoms in total. The van der Waals surface area contributed by atoms with Gasteiger partial charge in [0.15, 0.2) is 6.17 Å². The largest absolute Gasteiger partial charge is 0.299 e. The number of para-hydroxylation sites is 1. The third-order valence-corrected chi connectivity index (χ3v) is 6.32. The van der Waals surface area contributed by atoms with Gasteiger partial charge in [-0.1, -0.05) is 127 Å². The first kappa shape index (κ1) is 20.2. The Bertz CT molecular complexity index is 1410. The van der Waals surface area contributed by atoms with E-state index in [9.17, 15) is 0 Å². The first-order valence-electron chi connectivity index (χ1n) is 11.6. The lowest BCUT2D eigenvalue weighted by molar-refractivity contribution is 0.690. The maximum Gasteiger partial charge on any atom is 0.154 e. The number of amidine groups is 1. The number of aliphatic imine (C=N–C) groups is 1. The highest BCUT2D eigenvalue weighted by Gasteiger charge is 2.34. The van der Waals surface area contributed by atoms with Gasteiger partial charge in [0, 0.05) is 11.3 Å². The van der Waals surface area contributed by atoms with Crippen molar-refractivity contribution in [2.24, 2.45) is 4.99 Å². The molecule has 0 amide bonds. The SMILES string of the molecule is c1ccc(-c2ccc(C3=NC(c4ccc(-c5ccccc5)cc4)N3c3ccccc3)cc2)cc1. The lowest BCUT2D eigenvalue weighted by Crippen LogP contribution is -2.43. The first-order chi connectivity index (χ1) is 16.9. The lowest BCUT2D eigenvalue weighted by Gasteiger charge is -2.40. The summed E-state index contributed by atoms with van der Waals surface area (Å²) < 4.78 is 0. The molecule has 2 heteroatoms. The second-order valence-electron chi connectivity index (χ2n) is 8.46. The molecule has 1 unspecified atom stereocenters. The molecule has 5 aromatic carbocycles. The van der Waals surface area contributed by atoms with Crippen molar-refractivity contribution in [2.45, 2.75) is 6.17 Å². The maximum absolute atomic E-state index is 5.07. The average Bonchev–Trinajstić information content (AvgIpc) is 2.91. The Morgan fingerprint density at radius 2 is 0.824 bits per heavy atom. The molecule has 0 aromatic heterocycles. The van der Waals surface area contributed by atoms with Gasteiger partial charge in [0.05, 0.1) is 0 Å². The highest BCUT2D eigenvalue weighted by Crippen LogP contribution is 2.38. The Kier molecular flexibility index (Phi) is 5.25. The molecule has 1 heterocycles. The zero-order valence-corrected chi connectivity index (χ0v) is 18.8. The smallest absolute Gasteiger partial charge is 0.154 e. The standard InChI is InChI=1S/C32H24N2/c1-4-10-24(11-5-1)26-16-20-28(21-17-26)31-33-32(34(31)30-14-8-3-9-15-30)29-22-18-27(19-23-29)25-12-6-2-7-13-25/h1-23,31H. The topological polar surface area (TPSA) is 15.6 Å². The minimum atomic E-state index is -0.0315. The van der Waals surface area contributed by atoms with Gasteiger partial charge < -0.3 is 0 Å². The van der Waals surface area contributed by atoms with Crippen molar-refractivity contribution >= 4 is 11.5 Å². The second kappa shape index (κ2) is 8.84. The average molecular weight is 437 g/mol. The van der Waals surface area contributed by atoms with Gasteiger partial charge >= 0.3 is 0 Å². The Morgan fingerprint density at radius 3 is 1.35 bits per heavy atom. The number of hydrogen-bond acceptors (Lipinski definition) is 2. The zero-order chi connectivity index (χ0) is 22.7. The Labute approximate surface area is 200 Å². The molecule has 5 aromatic rings. The van der Waals surface area contributed by atoms with Crippen molar-refractivity contribution in [2.75, 3.05) is 4.90 Å². The Morgan fingerprint density at radius 1 is 0.412 bits per heavy atom. The number of hydrogen-bond donors (Lipinski definition) is 0. The van der Waals surface area contributed by atoms with Gasteiger partial charge in [0.25, 0.3) is 0 Å². The van der Waals surface area contributed by atoms with E-state index < -0.39 is 0 Å².